The number of anilines is 4. The molecule has 46 heavy (non-hydrogen) atoms. The molecule has 0 saturated carbocycles. The first-order valence-electron chi connectivity index (χ1n) is 15.9. The average Bonchev–Trinajstić information content (AvgIpc) is 3.56. The first kappa shape index (κ1) is 26.5. The van der Waals surface area contributed by atoms with Crippen LogP contribution < -0.4 is 10.6 Å². The predicted molar refractivity (Wildman–Crippen MR) is 192 cm³/mol. The Bertz CT molecular complexity index is 2220. The Hall–Kier alpha value is -5.86. The quantitative estimate of drug-likeness (QED) is 0.209. The monoisotopic (exact) mass is 588 g/mol. The highest BCUT2D eigenvalue weighted by Crippen LogP contribution is 2.65. The number of hydrogen-bond donors (Lipinski definition) is 2. The predicted octanol–water partition coefficient (Wildman–Crippen LogP) is 11.5. The Morgan fingerprint density at radius 2 is 1.00 bits per heavy atom. The summed E-state index contributed by atoms with van der Waals surface area (Å²) in [4.78, 5) is 0. The van der Waals surface area contributed by atoms with E-state index in [0.29, 0.717) is 0 Å². The molecule has 218 valence electrons. The number of aryl methyl sites for hydroxylation is 1. The number of rotatable bonds is 5. The van der Waals surface area contributed by atoms with Crippen LogP contribution >= 0.6 is 0 Å². The number of hydrogen-bond acceptors (Lipinski definition) is 2. The molecule has 0 radical (unpaired) electrons. The summed E-state index contributed by atoms with van der Waals surface area (Å²) >= 11 is 0. The lowest BCUT2D eigenvalue weighted by Gasteiger charge is -2.33. The van der Waals surface area contributed by atoms with Crippen molar-refractivity contribution in [2.24, 2.45) is 0 Å². The lowest BCUT2D eigenvalue weighted by Crippen LogP contribution is -2.27. The third-order valence-corrected chi connectivity index (χ3v) is 9.67. The minimum absolute atomic E-state index is 0.500. The zero-order valence-corrected chi connectivity index (χ0v) is 25.6. The number of benzene rings is 7. The standard InChI is InChI=1S/C44H32N2/c1-29-13-12-14-30(27-29)42-41(46-32-17-6-3-7-18-32)26-25-37-36-24-23-33(45-31-15-4-2-5-16-31)28-40(36)44(43(37)42)38-21-10-8-19-34(38)35-20-9-11-22-39(35)44/h2-28,45-46H,1H3. The van der Waals surface area contributed by atoms with Gasteiger partial charge in [-0.15, -0.1) is 0 Å². The summed E-state index contributed by atoms with van der Waals surface area (Å²) in [5, 5.41) is 7.53. The molecule has 0 fully saturated rings. The highest BCUT2D eigenvalue weighted by Gasteiger charge is 2.53. The topological polar surface area (TPSA) is 24.1 Å². The fourth-order valence-corrected chi connectivity index (χ4v) is 7.88. The van der Waals surface area contributed by atoms with Crippen LogP contribution in [-0.4, -0.2) is 0 Å². The molecule has 7 aromatic rings. The van der Waals surface area contributed by atoms with Crippen LogP contribution in [0.4, 0.5) is 22.7 Å². The molecule has 2 aliphatic carbocycles. The van der Waals surface area contributed by atoms with E-state index in [-0.39, 0.29) is 0 Å². The largest absolute Gasteiger partial charge is 0.356 e. The minimum Gasteiger partial charge on any atom is -0.356 e. The van der Waals surface area contributed by atoms with E-state index in [2.05, 4.69) is 181 Å². The number of fused-ring (bicyclic) bond motifs is 10. The van der Waals surface area contributed by atoms with Crippen molar-refractivity contribution in [3.8, 4) is 33.4 Å². The van der Waals surface area contributed by atoms with Crippen molar-refractivity contribution in [2.75, 3.05) is 10.6 Å². The summed E-state index contributed by atoms with van der Waals surface area (Å²) in [7, 11) is 0. The molecule has 1 spiro atoms. The highest BCUT2D eigenvalue weighted by molar-refractivity contribution is 6.02. The molecule has 0 atom stereocenters. The van der Waals surface area contributed by atoms with Crippen molar-refractivity contribution >= 4 is 22.7 Å². The smallest absolute Gasteiger partial charge is 0.0733 e. The Labute approximate surface area is 270 Å². The van der Waals surface area contributed by atoms with Crippen LogP contribution in [0.2, 0.25) is 0 Å². The molecule has 0 saturated heterocycles. The summed E-state index contributed by atoms with van der Waals surface area (Å²) in [6, 6.07) is 59.5. The first-order valence-corrected chi connectivity index (χ1v) is 15.9. The van der Waals surface area contributed by atoms with Crippen LogP contribution in [-0.2, 0) is 5.41 Å². The van der Waals surface area contributed by atoms with Gasteiger partial charge in [0.25, 0.3) is 0 Å². The first-order chi connectivity index (χ1) is 22.7. The Kier molecular flexibility index (Phi) is 5.97. The summed E-state index contributed by atoms with van der Waals surface area (Å²) in [5.41, 5.74) is 18.0. The molecule has 0 aromatic heterocycles. The second kappa shape index (κ2) is 10.4. The van der Waals surface area contributed by atoms with Gasteiger partial charge in [-0.3, -0.25) is 0 Å². The van der Waals surface area contributed by atoms with Crippen LogP contribution in [0.5, 0.6) is 0 Å². The van der Waals surface area contributed by atoms with Crippen molar-refractivity contribution < 1.29 is 0 Å². The van der Waals surface area contributed by atoms with E-state index in [0.717, 1.165) is 22.7 Å². The maximum absolute atomic E-state index is 3.83. The van der Waals surface area contributed by atoms with Crippen molar-refractivity contribution in [1.29, 1.82) is 0 Å². The van der Waals surface area contributed by atoms with E-state index < -0.39 is 5.41 Å². The molecule has 0 heterocycles. The maximum atomic E-state index is 3.83. The van der Waals surface area contributed by atoms with Crippen LogP contribution in [0.3, 0.4) is 0 Å². The van der Waals surface area contributed by atoms with Gasteiger partial charge in [-0.05, 0) is 99.5 Å². The fourth-order valence-electron chi connectivity index (χ4n) is 7.88. The molecule has 0 amide bonds. The summed E-state index contributed by atoms with van der Waals surface area (Å²) in [6.45, 7) is 2.18. The van der Waals surface area contributed by atoms with Crippen LogP contribution in [0, 0.1) is 6.92 Å². The third kappa shape index (κ3) is 3.90. The van der Waals surface area contributed by atoms with Gasteiger partial charge in [-0.25, -0.2) is 0 Å². The molecule has 0 unspecified atom stereocenters. The number of para-hydroxylation sites is 2. The van der Waals surface area contributed by atoms with Crippen molar-refractivity contribution in [3.05, 3.63) is 192 Å². The van der Waals surface area contributed by atoms with Crippen molar-refractivity contribution in [3.63, 3.8) is 0 Å². The van der Waals surface area contributed by atoms with Gasteiger partial charge in [0.15, 0.2) is 0 Å². The fraction of sp³-hybridized carbons (Fsp3) is 0.0455. The average molecular weight is 589 g/mol. The molecular formula is C44H32N2. The Morgan fingerprint density at radius 3 is 1.67 bits per heavy atom. The van der Waals surface area contributed by atoms with Gasteiger partial charge in [-0.2, -0.15) is 0 Å². The second-order valence-electron chi connectivity index (χ2n) is 12.4. The Morgan fingerprint density at radius 1 is 0.413 bits per heavy atom. The Balaban J connectivity index is 1.40. The van der Waals surface area contributed by atoms with Gasteiger partial charge in [0.2, 0.25) is 0 Å². The van der Waals surface area contributed by atoms with E-state index in [1.165, 1.54) is 61.2 Å². The SMILES string of the molecule is Cc1cccc(-c2c(Nc3ccccc3)ccc3c2C2(c4ccccc4-c4ccccc42)c2cc(Nc4ccccc4)ccc2-3)c1. The normalized spacial score (nSPS) is 13.1. The van der Waals surface area contributed by atoms with E-state index in [1.54, 1.807) is 0 Å². The van der Waals surface area contributed by atoms with Gasteiger partial charge in [0.1, 0.15) is 0 Å². The molecule has 0 aliphatic heterocycles. The molecular weight excluding hydrogens is 556 g/mol. The van der Waals surface area contributed by atoms with E-state index in [4.69, 9.17) is 0 Å². The van der Waals surface area contributed by atoms with E-state index >= 15 is 0 Å². The van der Waals surface area contributed by atoms with Gasteiger partial charge in [-0.1, -0.05) is 127 Å². The van der Waals surface area contributed by atoms with E-state index in [1.807, 2.05) is 0 Å². The summed E-state index contributed by atoms with van der Waals surface area (Å²) in [5.74, 6) is 0. The lowest BCUT2D eigenvalue weighted by atomic mass is 9.68. The molecule has 2 N–H and O–H groups in total. The maximum Gasteiger partial charge on any atom is 0.0733 e. The molecule has 2 heteroatoms. The van der Waals surface area contributed by atoms with Gasteiger partial charge < -0.3 is 10.6 Å². The second-order valence-corrected chi connectivity index (χ2v) is 12.4. The van der Waals surface area contributed by atoms with Crippen LogP contribution in [0.15, 0.2) is 164 Å². The molecule has 0 bridgehead atoms. The summed E-state index contributed by atoms with van der Waals surface area (Å²) < 4.78 is 0. The zero-order chi connectivity index (χ0) is 30.7. The molecule has 2 nitrogen and oxygen atoms in total. The molecule has 2 aliphatic rings. The van der Waals surface area contributed by atoms with Gasteiger partial charge >= 0.3 is 0 Å². The number of nitrogens with one attached hydrogen (secondary N) is 2. The van der Waals surface area contributed by atoms with Crippen molar-refractivity contribution in [1.82, 2.24) is 0 Å². The van der Waals surface area contributed by atoms with E-state index in [9.17, 15) is 0 Å². The zero-order valence-electron chi connectivity index (χ0n) is 25.6. The molecule has 7 aromatic carbocycles. The highest BCUT2D eigenvalue weighted by atomic mass is 14.9. The van der Waals surface area contributed by atoms with Crippen LogP contribution in [0.1, 0.15) is 27.8 Å². The van der Waals surface area contributed by atoms with Gasteiger partial charge in [0.05, 0.1) is 5.41 Å². The summed E-state index contributed by atoms with van der Waals surface area (Å²) in [6.07, 6.45) is 0. The van der Waals surface area contributed by atoms with Crippen molar-refractivity contribution in [2.45, 2.75) is 12.3 Å². The minimum atomic E-state index is -0.500. The lowest BCUT2D eigenvalue weighted by molar-refractivity contribution is 0.796. The van der Waals surface area contributed by atoms with Crippen LogP contribution in [0.25, 0.3) is 33.4 Å². The third-order valence-electron chi connectivity index (χ3n) is 9.67. The van der Waals surface area contributed by atoms with Gasteiger partial charge in [0, 0.05) is 28.3 Å². The molecule has 9 rings (SSSR count).